The van der Waals surface area contributed by atoms with Gasteiger partial charge in [0.05, 0.1) is 0 Å². The summed E-state index contributed by atoms with van der Waals surface area (Å²) in [6.07, 6.45) is 75.2. The van der Waals surface area contributed by atoms with Gasteiger partial charge in [-0.15, -0.1) is 19.7 Å². The van der Waals surface area contributed by atoms with Crippen LogP contribution >= 0.6 is 0 Å². The second-order valence-electron chi connectivity index (χ2n) is 27.3. The highest BCUT2D eigenvalue weighted by molar-refractivity contribution is 4.92. The van der Waals surface area contributed by atoms with Crippen LogP contribution in [0.25, 0.3) is 0 Å². The van der Waals surface area contributed by atoms with Crippen molar-refractivity contribution < 1.29 is 11.4 Å². The molecule has 0 aromatic heterocycles. The van der Waals surface area contributed by atoms with Gasteiger partial charge in [0, 0.05) is 11.4 Å². The van der Waals surface area contributed by atoms with Crippen LogP contribution in [0.2, 0.25) is 0 Å². The maximum atomic E-state index is 3.97. The molecule has 440 valence electrons. The Bertz CT molecular complexity index is 1370. The summed E-state index contributed by atoms with van der Waals surface area (Å²) >= 11 is 0. The minimum atomic E-state index is 0. The van der Waals surface area contributed by atoms with Crippen molar-refractivity contribution in [1.29, 1.82) is 0 Å². The summed E-state index contributed by atoms with van der Waals surface area (Å²) in [5.74, 6) is 16.3. The largest absolute Gasteiger partial charge is 0.103 e. The normalized spacial score (nSPS) is 37.1. The van der Waals surface area contributed by atoms with Gasteiger partial charge in [0.15, 0.2) is 0 Å². The molecule has 8 saturated carbocycles. The lowest BCUT2D eigenvalue weighted by molar-refractivity contribution is 0.151. The molecule has 0 aromatic rings. The van der Waals surface area contributed by atoms with E-state index in [1.807, 2.05) is 0 Å². The molecule has 0 amide bonds. The molecule has 0 unspecified atom stereocenters. The summed E-state index contributed by atoms with van der Waals surface area (Å²) < 4.78 is 0. The second-order valence-corrected chi connectivity index (χ2v) is 27.3. The van der Waals surface area contributed by atoms with Gasteiger partial charge in [-0.1, -0.05) is 187 Å². The Morgan fingerprint density at radius 2 is 0.521 bits per heavy atom. The van der Waals surface area contributed by atoms with E-state index < -0.39 is 0 Å². The molecule has 8 aliphatic rings. The number of hydrogen-bond acceptors (Lipinski definition) is 0. The molecular formula is C73H148. The zero-order valence-corrected chi connectivity index (χ0v) is 49.7. The van der Waals surface area contributed by atoms with Gasteiger partial charge >= 0.3 is 0 Å². The van der Waals surface area contributed by atoms with Crippen LogP contribution in [-0.2, 0) is 0 Å². The van der Waals surface area contributed by atoms with Crippen LogP contribution < -0.4 is 0 Å². The van der Waals surface area contributed by atoms with E-state index in [1.54, 1.807) is 25.7 Å². The van der Waals surface area contributed by atoms with Crippen LogP contribution in [0.15, 0.2) is 50.1 Å². The molecule has 0 N–H and O–H groups in total. The first-order valence-electron chi connectivity index (χ1n) is 33.8. The molecule has 0 saturated heterocycles. The smallest absolute Gasteiger partial charge is 0 e. The molecule has 0 aromatic carbocycles. The van der Waals surface area contributed by atoms with Crippen molar-refractivity contribution in [1.82, 2.24) is 0 Å². The average molecular weight is 1030 g/mol. The highest BCUT2D eigenvalue weighted by atomic mass is 14.4. The summed E-state index contributed by atoms with van der Waals surface area (Å²) in [4.78, 5) is 0. The van der Waals surface area contributed by atoms with E-state index in [9.17, 15) is 0 Å². The van der Waals surface area contributed by atoms with E-state index in [1.165, 1.54) is 250 Å². The number of hydrogen-bond donors (Lipinski definition) is 0. The molecule has 0 nitrogen and oxygen atoms in total. The van der Waals surface area contributed by atoms with Crippen LogP contribution in [0.4, 0.5) is 0 Å². The van der Waals surface area contributed by atoms with Crippen molar-refractivity contribution in [2.24, 2.45) is 94.7 Å². The maximum Gasteiger partial charge on any atom is 0 e. The predicted molar refractivity (Wildman–Crippen MR) is 346 cm³/mol. The van der Waals surface area contributed by atoms with Crippen LogP contribution in [0.3, 0.4) is 0 Å². The van der Waals surface area contributed by atoms with Crippen molar-refractivity contribution in [2.75, 3.05) is 0 Å². The van der Waals surface area contributed by atoms with Crippen molar-refractivity contribution in [3.05, 3.63) is 50.1 Å². The third kappa shape index (κ3) is 23.8. The van der Waals surface area contributed by atoms with E-state index in [2.05, 4.69) is 84.7 Å². The lowest BCUT2D eigenvalue weighted by Gasteiger charge is -2.37. The molecule has 0 heteroatoms. The molecular weight excluding hydrogens is 877 g/mol. The second kappa shape index (κ2) is 38.5. The summed E-state index contributed by atoms with van der Waals surface area (Å²) in [5.41, 5.74) is 0. The predicted octanol–water partition coefficient (Wildman–Crippen LogP) is 26.5. The quantitative estimate of drug-likeness (QED) is 0.0893. The van der Waals surface area contributed by atoms with E-state index >= 15 is 0 Å². The SMILES string of the molecule is C.C/C=C/C1CCC(C2CCC(CCC)CC2)CC1.C=CC1CCC(C2CCC(CCC)CC2)CC1.C=CC1CCC(C2CCC(CCCC)CC2)CC1.C=CC1CCC(C2CCC(CCCCC)CC2)CC1.[HH].[HH].[HH].[HH].[HH].[HH].[HH].[HH]. The molecule has 0 heterocycles. The Kier molecular flexibility index (Phi) is 34.0. The minimum absolute atomic E-state index is 0. The monoisotopic (exact) mass is 1030 g/mol. The summed E-state index contributed by atoms with van der Waals surface area (Å²) in [6.45, 7) is 23.4. The Morgan fingerprint density at radius 1 is 0.288 bits per heavy atom. The van der Waals surface area contributed by atoms with Gasteiger partial charge in [-0.3, -0.25) is 0 Å². The number of rotatable bonds is 19. The highest BCUT2D eigenvalue weighted by Crippen LogP contribution is 2.46. The van der Waals surface area contributed by atoms with Crippen LogP contribution in [-0.4, -0.2) is 0 Å². The van der Waals surface area contributed by atoms with Gasteiger partial charge in [0.2, 0.25) is 0 Å². The fourth-order valence-corrected chi connectivity index (χ4v) is 17.4. The van der Waals surface area contributed by atoms with Crippen molar-refractivity contribution >= 4 is 0 Å². The van der Waals surface area contributed by atoms with Crippen LogP contribution in [0.1, 0.15) is 330 Å². The first kappa shape index (κ1) is 64.5. The fourth-order valence-electron chi connectivity index (χ4n) is 17.4. The third-order valence-electron chi connectivity index (χ3n) is 22.5. The third-order valence-corrected chi connectivity index (χ3v) is 22.5. The summed E-state index contributed by atoms with van der Waals surface area (Å²) in [6, 6.07) is 0. The van der Waals surface area contributed by atoms with E-state index in [0.29, 0.717) is 0 Å². The van der Waals surface area contributed by atoms with Crippen LogP contribution in [0.5, 0.6) is 0 Å². The zero-order chi connectivity index (χ0) is 51.2. The topological polar surface area (TPSA) is 0 Å². The Balaban J connectivity index is -0.000000306. The van der Waals surface area contributed by atoms with Crippen molar-refractivity contribution in [3.8, 4) is 0 Å². The van der Waals surface area contributed by atoms with E-state index in [-0.39, 0.29) is 18.8 Å². The fraction of sp³-hybridized carbons (Fsp3) is 0.890. The van der Waals surface area contributed by atoms with E-state index in [0.717, 1.165) is 94.7 Å². The van der Waals surface area contributed by atoms with Gasteiger partial charge in [-0.25, -0.2) is 0 Å². The molecule has 0 atom stereocenters. The molecule has 8 fully saturated rings. The van der Waals surface area contributed by atoms with Gasteiger partial charge in [0.1, 0.15) is 0 Å². The molecule has 0 radical (unpaired) electrons. The Morgan fingerprint density at radius 3 is 0.753 bits per heavy atom. The first-order valence-corrected chi connectivity index (χ1v) is 33.8. The van der Waals surface area contributed by atoms with E-state index in [4.69, 9.17) is 0 Å². The van der Waals surface area contributed by atoms with Gasteiger partial charge < -0.3 is 0 Å². The van der Waals surface area contributed by atoms with Crippen molar-refractivity contribution in [3.63, 3.8) is 0 Å². The maximum absolute atomic E-state index is 3.97. The number of unbranched alkanes of at least 4 members (excludes halogenated alkanes) is 3. The lowest BCUT2D eigenvalue weighted by Crippen LogP contribution is -2.25. The molecule has 0 bridgehead atoms. The summed E-state index contributed by atoms with van der Waals surface area (Å²) in [5, 5.41) is 0. The highest BCUT2D eigenvalue weighted by Gasteiger charge is 2.34. The molecule has 0 aliphatic heterocycles. The average Bonchev–Trinajstić information content (AvgIpc) is 3.44. The molecule has 8 rings (SSSR count). The van der Waals surface area contributed by atoms with Gasteiger partial charge in [-0.2, -0.15) is 0 Å². The van der Waals surface area contributed by atoms with Gasteiger partial charge in [-0.05, 0) is 256 Å². The van der Waals surface area contributed by atoms with Gasteiger partial charge in [0.25, 0.3) is 0 Å². The lowest BCUT2D eigenvalue weighted by atomic mass is 9.68. The Labute approximate surface area is 472 Å². The number of allylic oxidation sites excluding steroid dienone is 5. The molecule has 0 spiro atoms. The van der Waals surface area contributed by atoms with Crippen LogP contribution in [0, 0.1) is 94.7 Å². The zero-order valence-electron chi connectivity index (χ0n) is 49.7. The molecule has 8 aliphatic carbocycles. The Hall–Kier alpha value is -1.04. The standard InChI is InChI=1S/C19H34.2C18H32.C17H30.CH4.8H2/c1-3-5-6-7-17-10-14-19(15-11-17)18-12-8-16(4-2)9-13-18;1-3-5-6-16-9-13-18(14-10-16)17-11-7-15(4-2)8-12-17;1-3-5-15-7-11-17(12-8-15)18-13-9-16(6-4-2)10-14-18;1-3-5-15-8-12-17(13-9-15)16-10-6-14(4-2)7-11-16;;;;;;;;;/h4,16-19H,2-3,5-15H2,1H3;4,15-18H,2-3,5-14H2,1H3;3,5,15-18H,4,6-14H2,1-2H3;4,14-17H,2-3,5-13H2,1H3;1H4;8*1H/b;;5-3+;;;;;;;;;;. The first-order chi connectivity index (χ1) is 35.3. The summed E-state index contributed by atoms with van der Waals surface area (Å²) in [7, 11) is 0. The molecule has 73 heavy (non-hydrogen) atoms. The minimum Gasteiger partial charge on any atom is -0.103 e. The van der Waals surface area contributed by atoms with Crippen molar-refractivity contribution in [2.45, 2.75) is 318 Å².